The Bertz CT molecular complexity index is 684. The van der Waals surface area contributed by atoms with E-state index < -0.39 is 42.8 Å². The second-order valence-corrected chi connectivity index (χ2v) is 5.81. The molecule has 1 aliphatic rings. The van der Waals surface area contributed by atoms with Crippen LogP contribution in [0, 0.1) is 0 Å². The van der Waals surface area contributed by atoms with Crippen LogP contribution in [0.1, 0.15) is 32.4 Å². The standard InChI is InChI=1S/C15H21F2N3O6/c1-2-3-4-7-24-14(23)25-8-9-11(21)15(16,17)12(26-9)20-6-5-10(18)19-13(20)22/h5-6,9,11-12,21H,2-4,7-8H2,1H3,(H2,18,19,22)/t9-,11-,12-/m1/s1. The van der Waals surface area contributed by atoms with Crippen LogP contribution in [0.15, 0.2) is 17.1 Å². The topological polar surface area (TPSA) is 126 Å². The summed E-state index contributed by atoms with van der Waals surface area (Å²) in [5, 5.41) is 9.79. The molecule has 9 nitrogen and oxygen atoms in total. The highest BCUT2D eigenvalue weighted by atomic mass is 19.3. The summed E-state index contributed by atoms with van der Waals surface area (Å²) in [6, 6.07) is 1.14. The lowest BCUT2D eigenvalue weighted by atomic mass is 10.1. The number of rotatable bonds is 7. The molecule has 1 aromatic heterocycles. The molecule has 0 saturated carbocycles. The fraction of sp³-hybridized carbons (Fsp3) is 0.667. The van der Waals surface area contributed by atoms with E-state index in [-0.39, 0.29) is 12.4 Å². The molecule has 2 heterocycles. The van der Waals surface area contributed by atoms with E-state index in [0.717, 1.165) is 25.1 Å². The van der Waals surface area contributed by atoms with E-state index in [1.54, 1.807) is 0 Å². The minimum Gasteiger partial charge on any atom is -0.434 e. The molecule has 3 N–H and O–H groups in total. The van der Waals surface area contributed by atoms with Gasteiger partial charge in [0.25, 0.3) is 0 Å². The van der Waals surface area contributed by atoms with Gasteiger partial charge in [0.15, 0.2) is 6.10 Å². The van der Waals surface area contributed by atoms with E-state index in [1.165, 1.54) is 0 Å². The van der Waals surface area contributed by atoms with Crippen LogP contribution in [-0.2, 0) is 14.2 Å². The van der Waals surface area contributed by atoms with Gasteiger partial charge in [-0.15, -0.1) is 0 Å². The fourth-order valence-electron chi connectivity index (χ4n) is 2.41. The van der Waals surface area contributed by atoms with Crippen molar-refractivity contribution in [3.63, 3.8) is 0 Å². The highest BCUT2D eigenvalue weighted by Gasteiger charge is 2.60. The van der Waals surface area contributed by atoms with E-state index in [0.29, 0.717) is 11.0 Å². The van der Waals surface area contributed by atoms with Crippen molar-refractivity contribution in [3.8, 4) is 0 Å². The number of aliphatic hydroxyl groups excluding tert-OH is 1. The van der Waals surface area contributed by atoms with Crippen molar-refractivity contribution in [1.29, 1.82) is 0 Å². The molecule has 0 spiro atoms. The van der Waals surface area contributed by atoms with Gasteiger partial charge in [-0.2, -0.15) is 13.8 Å². The van der Waals surface area contributed by atoms with Crippen molar-refractivity contribution in [2.24, 2.45) is 0 Å². The van der Waals surface area contributed by atoms with Crippen LogP contribution in [0.2, 0.25) is 0 Å². The molecular weight excluding hydrogens is 356 g/mol. The number of nitrogens with zero attached hydrogens (tertiary/aromatic N) is 2. The molecule has 0 bridgehead atoms. The predicted octanol–water partition coefficient (Wildman–Crippen LogP) is 1.06. The first kappa shape index (κ1) is 20.0. The number of nitrogens with two attached hydrogens (primary N) is 1. The zero-order valence-corrected chi connectivity index (χ0v) is 14.1. The van der Waals surface area contributed by atoms with Gasteiger partial charge >= 0.3 is 17.8 Å². The number of aliphatic hydroxyl groups is 1. The number of carbonyl (C=O) groups excluding carboxylic acids is 1. The van der Waals surface area contributed by atoms with Gasteiger partial charge in [0, 0.05) is 6.20 Å². The maximum Gasteiger partial charge on any atom is 0.508 e. The van der Waals surface area contributed by atoms with E-state index in [4.69, 9.17) is 19.9 Å². The lowest BCUT2D eigenvalue weighted by molar-refractivity contribution is -0.141. The Morgan fingerprint density at radius 2 is 2.19 bits per heavy atom. The molecule has 0 aromatic carbocycles. The summed E-state index contributed by atoms with van der Waals surface area (Å²) in [5.41, 5.74) is 4.26. The zero-order chi connectivity index (χ0) is 19.3. The van der Waals surface area contributed by atoms with Crippen LogP contribution in [0.25, 0.3) is 0 Å². The van der Waals surface area contributed by atoms with Crippen LogP contribution < -0.4 is 11.4 Å². The Labute approximate surface area is 147 Å². The second kappa shape index (κ2) is 8.41. The first-order valence-corrected chi connectivity index (χ1v) is 8.13. The summed E-state index contributed by atoms with van der Waals surface area (Å²) in [7, 11) is 0. The molecule has 0 aliphatic carbocycles. The van der Waals surface area contributed by atoms with Gasteiger partial charge in [-0.25, -0.2) is 9.59 Å². The molecular formula is C15H21F2N3O6. The van der Waals surface area contributed by atoms with Crippen molar-refractivity contribution in [3.05, 3.63) is 22.7 Å². The summed E-state index contributed by atoms with van der Waals surface area (Å²) >= 11 is 0. The summed E-state index contributed by atoms with van der Waals surface area (Å²) in [6.07, 6.45) is -3.52. The largest absolute Gasteiger partial charge is 0.508 e. The minimum absolute atomic E-state index is 0.140. The van der Waals surface area contributed by atoms with E-state index in [9.17, 15) is 23.5 Å². The number of carbonyl (C=O) groups is 1. The number of ether oxygens (including phenoxy) is 3. The fourth-order valence-corrected chi connectivity index (χ4v) is 2.41. The van der Waals surface area contributed by atoms with Crippen molar-refractivity contribution in [2.45, 2.75) is 50.5 Å². The third-order valence-electron chi connectivity index (χ3n) is 3.82. The second-order valence-electron chi connectivity index (χ2n) is 5.81. The molecule has 0 radical (unpaired) electrons. The SMILES string of the molecule is CCCCCOC(=O)OC[C@H]1O[C@@H](n2ccc(N)nc2=O)C(F)(F)[C@@H]1O. The molecule has 11 heteroatoms. The normalized spacial score (nSPS) is 24.4. The Kier molecular flexibility index (Phi) is 6.48. The molecule has 1 saturated heterocycles. The number of alkyl halides is 2. The summed E-state index contributed by atoms with van der Waals surface area (Å²) in [6.45, 7) is 1.47. The van der Waals surface area contributed by atoms with Crippen LogP contribution in [0.3, 0.4) is 0 Å². The summed E-state index contributed by atoms with van der Waals surface area (Å²) in [5.74, 6) is -3.94. The molecule has 146 valence electrons. The molecule has 26 heavy (non-hydrogen) atoms. The lowest BCUT2D eigenvalue weighted by Crippen LogP contribution is -2.42. The number of nitrogen functional groups attached to an aromatic ring is 1. The van der Waals surface area contributed by atoms with Gasteiger partial charge in [0.2, 0.25) is 6.23 Å². The van der Waals surface area contributed by atoms with E-state index >= 15 is 0 Å². The summed E-state index contributed by atoms with van der Waals surface area (Å²) < 4.78 is 43.6. The maximum absolute atomic E-state index is 14.3. The Balaban J connectivity index is 1.97. The highest BCUT2D eigenvalue weighted by molar-refractivity contribution is 5.59. The predicted molar refractivity (Wildman–Crippen MR) is 84.6 cm³/mol. The molecule has 3 atom stereocenters. The third kappa shape index (κ3) is 4.47. The molecule has 1 aromatic rings. The van der Waals surface area contributed by atoms with Crippen LogP contribution >= 0.6 is 0 Å². The zero-order valence-electron chi connectivity index (χ0n) is 14.1. The Morgan fingerprint density at radius 1 is 1.46 bits per heavy atom. The molecule has 0 unspecified atom stereocenters. The van der Waals surface area contributed by atoms with Gasteiger partial charge in [0.1, 0.15) is 18.5 Å². The van der Waals surface area contributed by atoms with Crippen molar-refractivity contribution in [1.82, 2.24) is 9.55 Å². The first-order chi connectivity index (χ1) is 12.3. The third-order valence-corrected chi connectivity index (χ3v) is 3.82. The van der Waals surface area contributed by atoms with Crippen LogP contribution in [-0.4, -0.2) is 52.2 Å². The number of hydrogen-bond donors (Lipinski definition) is 2. The van der Waals surface area contributed by atoms with Gasteiger partial charge in [-0.05, 0) is 12.5 Å². The quantitative estimate of drug-likeness (QED) is 0.534. The van der Waals surface area contributed by atoms with Crippen LogP contribution in [0.5, 0.6) is 0 Å². The minimum atomic E-state index is -3.80. The number of anilines is 1. The van der Waals surface area contributed by atoms with Crippen LogP contribution in [0.4, 0.5) is 19.4 Å². The van der Waals surface area contributed by atoms with Crippen molar-refractivity contribution >= 4 is 12.0 Å². The van der Waals surface area contributed by atoms with Gasteiger partial charge in [-0.1, -0.05) is 19.8 Å². The molecule has 2 rings (SSSR count). The first-order valence-electron chi connectivity index (χ1n) is 8.13. The number of hydrogen-bond acceptors (Lipinski definition) is 8. The summed E-state index contributed by atoms with van der Waals surface area (Å²) in [4.78, 5) is 26.5. The van der Waals surface area contributed by atoms with Crippen molar-refractivity contribution in [2.75, 3.05) is 18.9 Å². The maximum atomic E-state index is 14.3. The number of aromatic nitrogens is 2. The van der Waals surface area contributed by atoms with Gasteiger partial charge < -0.3 is 25.1 Å². The van der Waals surface area contributed by atoms with Crippen molar-refractivity contribution < 1.29 is 32.9 Å². The smallest absolute Gasteiger partial charge is 0.434 e. The Hall–Kier alpha value is -2.27. The lowest BCUT2D eigenvalue weighted by Gasteiger charge is -2.20. The highest BCUT2D eigenvalue weighted by Crippen LogP contribution is 2.42. The Morgan fingerprint density at radius 3 is 2.85 bits per heavy atom. The molecule has 0 amide bonds. The average Bonchev–Trinajstić information content (AvgIpc) is 2.80. The van der Waals surface area contributed by atoms with Gasteiger partial charge in [0.05, 0.1) is 6.61 Å². The molecule has 1 fully saturated rings. The van der Waals surface area contributed by atoms with Gasteiger partial charge in [-0.3, -0.25) is 4.57 Å². The number of unbranched alkanes of at least 4 members (excludes halogenated alkanes) is 2. The van der Waals surface area contributed by atoms with E-state index in [1.807, 2.05) is 6.92 Å². The average molecular weight is 377 g/mol. The van der Waals surface area contributed by atoms with E-state index in [2.05, 4.69) is 4.98 Å². The molecule has 1 aliphatic heterocycles. The monoisotopic (exact) mass is 377 g/mol. The number of halogens is 2.